The molecule has 4 heteroatoms. The summed E-state index contributed by atoms with van der Waals surface area (Å²) in [5.74, 6) is 0. The Labute approximate surface area is 73.6 Å². The first-order valence-corrected chi connectivity index (χ1v) is 4.11. The lowest BCUT2D eigenvalue weighted by Crippen LogP contribution is -2.16. The zero-order valence-electron chi connectivity index (χ0n) is 6.16. The van der Waals surface area contributed by atoms with Crippen LogP contribution < -0.4 is 0 Å². The van der Waals surface area contributed by atoms with Gasteiger partial charge < -0.3 is 0 Å². The minimum Gasteiger partial charge on any atom is -0.295 e. The molecular weight excluding hydrogens is 206 g/mol. The molecule has 0 spiro atoms. The van der Waals surface area contributed by atoms with Crippen molar-refractivity contribution < 1.29 is 0 Å². The largest absolute Gasteiger partial charge is 0.295 e. The Morgan fingerprint density at radius 1 is 1.64 bits per heavy atom. The van der Waals surface area contributed by atoms with Gasteiger partial charge in [-0.1, -0.05) is 0 Å². The lowest BCUT2D eigenvalue weighted by molar-refractivity contribution is 0.447. The van der Waals surface area contributed by atoms with E-state index in [9.17, 15) is 0 Å². The molecule has 1 aliphatic heterocycles. The molecule has 0 unspecified atom stereocenters. The van der Waals surface area contributed by atoms with Crippen LogP contribution in [-0.4, -0.2) is 13.7 Å². The first-order valence-electron chi connectivity index (χ1n) is 3.40. The van der Waals surface area contributed by atoms with E-state index in [-0.39, 0.29) is 0 Å². The van der Waals surface area contributed by atoms with Gasteiger partial charge in [-0.2, -0.15) is 5.10 Å². The van der Waals surface area contributed by atoms with Crippen LogP contribution in [0.1, 0.15) is 11.3 Å². The molecule has 0 fully saturated rings. The summed E-state index contributed by atoms with van der Waals surface area (Å²) in [7, 11) is 0. The molecule has 11 heavy (non-hydrogen) atoms. The second-order valence-corrected chi connectivity index (χ2v) is 3.48. The van der Waals surface area contributed by atoms with Crippen LogP contribution in [0.5, 0.6) is 0 Å². The summed E-state index contributed by atoms with van der Waals surface area (Å²) in [4.78, 5) is 0. The molecule has 1 aromatic rings. The molecule has 0 amide bonds. The van der Waals surface area contributed by atoms with E-state index in [4.69, 9.17) is 0 Å². The topological polar surface area (TPSA) is 21.1 Å². The van der Waals surface area contributed by atoms with Crippen molar-refractivity contribution in [1.82, 2.24) is 13.7 Å². The molecule has 0 aromatic carbocycles. The lowest BCUT2D eigenvalue weighted by Gasteiger charge is -2.17. The maximum atomic E-state index is 4.20. The molecule has 2 heterocycles. The van der Waals surface area contributed by atoms with Crippen LogP contribution in [0.25, 0.3) is 6.08 Å². The van der Waals surface area contributed by atoms with Gasteiger partial charge in [0.1, 0.15) is 6.67 Å². The maximum absolute atomic E-state index is 4.20. The Morgan fingerprint density at radius 3 is 3.27 bits per heavy atom. The van der Waals surface area contributed by atoms with Gasteiger partial charge in [0.05, 0.1) is 28.0 Å². The zero-order chi connectivity index (χ0) is 7.84. The maximum Gasteiger partial charge on any atom is 0.122 e. The SMILES string of the molecule is Cc1cnn2c1C=CN(Br)C2. The lowest BCUT2D eigenvalue weighted by atomic mass is 10.2. The standard InChI is InChI=1S/C7H8BrN3/c1-6-4-9-11-5-10(8)3-2-7(6)11/h2-4H,5H2,1H3. The molecule has 0 bridgehead atoms. The predicted octanol–water partition coefficient (Wildman–Crippen LogP) is 1.75. The van der Waals surface area contributed by atoms with Crippen LogP contribution in [0.15, 0.2) is 12.4 Å². The van der Waals surface area contributed by atoms with Crippen molar-refractivity contribution in [3.63, 3.8) is 0 Å². The Hall–Kier alpha value is -0.770. The Kier molecular flexibility index (Phi) is 1.49. The third-order valence-electron chi connectivity index (χ3n) is 1.74. The third-order valence-corrected chi connectivity index (χ3v) is 2.20. The van der Waals surface area contributed by atoms with Gasteiger partial charge in [0, 0.05) is 6.20 Å². The number of rotatable bonds is 0. The summed E-state index contributed by atoms with van der Waals surface area (Å²) in [5, 5.41) is 4.20. The number of halogens is 1. The van der Waals surface area contributed by atoms with Crippen LogP contribution >= 0.6 is 16.1 Å². The molecule has 0 atom stereocenters. The molecule has 0 saturated carbocycles. The van der Waals surface area contributed by atoms with Crippen molar-refractivity contribution in [2.75, 3.05) is 0 Å². The van der Waals surface area contributed by atoms with E-state index in [1.807, 2.05) is 27.1 Å². The van der Waals surface area contributed by atoms with Gasteiger partial charge in [-0.25, -0.2) is 4.68 Å². The summed E-state index contributed by atoms with van der Waals surface area (Å²) in [6.45, 7) is 2.84. The average molecular weight is 214 g/mol. The fraction of sp³-hybridized carbons (Fsp3) is 0.286. The quantitative estimate of drug-likeness (QED) is 0.613. The van der Waals surface area contributed by atoms with Gasteiger partial charge in [-0.3, -0.25) is 3.93 Å². The Morgan fingerprint density at radius 2 is 2.45 bits per heavy atom. The number of hydrogen-bond acceptors (Lipinski definition) is 2. The van der Waals surface area contributed by atoms with Crippen LogP contribution in [0, 0.1) is 6.92 Å². The highest BCUT2D eigenvalue weighted by atomic mass is 79.9. The zero-order valence-corrected chi connectivity index (χ0v) is 7.74. The normalized spacial score (nSPS) is 15.3. The van der Waals surface area contributed by atoms with Crippen molar-refractivity contribution in [3.05, 3.63) is 23.7 Å². The summed E-state index contributed by atoms with van der Waals surface area (Å²) < 4.78 is 3.86. The number of nitrogens with zero attached hydrogens (tertiary/aromatic N) is 3. The van der Waals surface area contributed by atoms with Crippen molar-refractivity contribution in [2.45, 2.75) is 13.6 Å². The number of hydrogen-bond donors (Lipinski definition) is 0. The smallest absolute Gasteiger partial charge is 0.122 e. The predicted molar refractivity (Wildman–Crippen MR) is 46.8 cm³/mol. The fourth-order valence-corrected chi connectivity index (χ4v) is 1.48. The molecule has 0 saturated heterocycles. The Balaban J connectivity index is 2.48. The first-order chi connectivity index (χ1) is 5.27. The van der Waals surface area contributed by atoms with Crippen LogP contribution in [-0.2, 0) is 6.67 Å². The van der Waals surface area contributed by atoms with Crippen molar-refractivity contribution in [2.24, 2.45) is 0 Å². The van der Waals surface area contributed by atoms with E-state index in [0.717, 1.165) is 6.67 Å². The first kappa shape index (κ1) is 6.91. The van der Waals surface area contributed by atoms with Gasteiger partial charge in [-0.05, 0) is 18.6 Å². The third kappa shape index (κ3) is 1.07. The van der Waals surface area contributed by atoms with E-state index in [2.05, 4.69) is 28.2 Å². The van der Waals surface area contributed by atoms with Gasteiger partial charge in [0.15, 0.2) is 0 Å². The summed E-state index contributed by atoms with van der Waals surface area (Å²) in [6.07, 6.45) is 5.91. The molecule has 1 aliphatic rings. The molecule has 0 radical (unpaired) electrons. The van der Waals surface area contributed by atoms with Gasteiger partial charge in [-0.15, -0.1) is 0 Å². The molecule has 0 aliphatic carbocycles. The second kappa shape index (κ2) is 2.37. The van der Waals surface area contributed by atoms with Crippen LogP contribution in [0.2, 0.25) is 0 Å². The van der Waals surface area contributed by atoms with Gasteiger partial charge in [0.2, 0.25) is 0 Å². The molecule has 2 rings (SSSR count). The minimum atomic E-state index is 0.777. The van der Waals surface area contributed by atoms with E-state index in [1.165, 1.54) is 11.3 Å². The summed E-state index contributed by atoms with van der Waals surface area (Å²) >= 11 is 3.35. The van der Waals surface area contributed by atoms with E-state index < -0.39 is 0 Å². The van der Waals surface area contributed by atoms with Crippen molar-refractivity contribution >= 4 is 22.2 Å². The molecule has 58 valence electrons. The van der Waals surface area contributed by atoms with E-state index >= 15 is 0 Å². The monoisotopic (exact) mass is 213 g/mol. The highest BCUT2D eigenvalue weighted by Crippen LogP contribution is 2.17. The molecular formula is C7H8BrN3. The minimum absolute atomic E-state index is 0.777. The molecule has 1 aromatic heterocycles. The van der Waals surface area contributed by atoms with Crippen LogP contribution in [0.4, 0.5) is 0 Å². The average Bonchev–Trinajstić information content (AvgIpc) is 2.32. The van der Waals surface area contributed by atoms with Gasteiger partial charge in [0.25, 0.3) is 0 Å². The van der Waals surface area contributed by atoms with Crippen molar-refractivity contribution in [1.29, 1.82) is 0 Å². The number of fused-ring (bicyclic) bond motifs is 1. The molecule has 3 nitrogen and oxygen atoms in total. The highest BCUT2D eigenvalue weighted by molar-refractivity contribution is 9.07. The van der Waals surface area contributed by atoms with Gasteiger partial charge >= 0.3 is 0 Å². The highest BCUT2D eigenvalue weighted by Gasteiger charge is 2.09. The summed E-state index contributed by atoms with van der Waals surface area (Å²) in [6, 6.07) is 0. The number of aryl methyl sites for hydroxylation is 1. The molecule has 0 N–H and O–H groups in total. The van der Waals surface area contributed by atoms with E-state index in [0.29, 0.717) is 0 Å². The summed E-state index contributed by atoms with van der Waals surface area (Å²) in [5.41, 5.74) is 2.42. The van der Waals surface area contributed by atoms with Crippen molar-refractivity contribution in [3.8, 4) is 0 Å². The van der Waals surface area contributed by atoms with Crippen LogP contribution in [0.3, 0.4) is 0 Å². The Bertz CT molecular complexity index is 303. The number of aromatic nitrogens is 2. The van der Waals surface area contributed by atoms with E-state index in [1.54, 1.807) is 0 Å². The second-order valence-electron chi connectivity index (χ2n) is 2.57. The fourth-order valence-electron chi connectivity index (χ4n) is 1.14.